The molecule has 3 atom stereocenters. The van der Waals surface area contributed by atoms with Gasteiger partial charge in [-0.15, -0.1) is 0 Å². The largest absolute Gasteiger partial charge is 0.355 e. The molecular weight excluding hydrogens is 212 g/mol. The first kappa shape index (κ1) is 12.6. The Balaban J connectivity index is 2.29. The zero-order chi connectivity index (χ0) is 11.3. The van der Waals surface area contributed by atoms with Gasteiger partial charge < -0.3 is 11.1 Å². The summed E-state index contributed by atoms with van der Waals surface area (Å²) in [5.41, 5.74) is 5.61. The van der Waals surface area contributed by atoms with Crippen molar-refractivity contribution >= 4 is 16.7 Å². The highest BCUT2D eigenvalue weighted by molar-refractivity contribution is 7.84. The average Bonchev–Trinajstić information content (AvgIpc) is 2.64. The smallest absolute Gasteiger partial charge is 0.223 e. The number of carbonyl (C=O) groups excluding carboxylic acids is 1. The monoisotopic (exact) mass is 232 g/mol. The minimum absolute atomic E-state index is 0.0836. The van der Waals surface area contributed by atoms with E-state index in [0.29, 0.717) is 24.8 Å². The molecule has 0 aliphatic heterocycles. The van der Waals surface area contributed by atoms with Gasteiger partial charge in [-0.3, -0.25) is 9.00 Å². The average molecular weight is 232 g/mol. The Morgan fingerprint density at radius 1 is 1.53 bits per heavy atom. The molecule has 0 aromatic heterocycles. The molecule has 0 heterocycles. The van der Waals surface area contributed by atoms with Crippen LogP contribution in [-0.2, 0) is 15.6 Å². The highest BCUT2D eigenvalue weighted by atomic mass is 32.2. The fraction of sp³-hybridized carbons (Fsp3) is 0.900. The number of amides is 1. The summed E-state index contributed by atoms with van der Waals surface area (Å²) in [5, 5.41) is 2.83. The number of hydrogen-bond donors (Lipinski definition) is 2. The lowest BCUT2D eigenvalue weighted by atomic mass is 9.95. The SMILES string of the molecule is CS(=O)CCNC(=O)C1CCCC1CN. The third-order valence-corrected chi connectivity index (χ3v) is 3.77. The lowest BCUT2D eigenvalue weighted by molar-refractivity contribution is -0.125. The molecule has 1 rings (SSSR count). The van der Waals surface area contributed by atoms with Gasteiger partial charge in [-0.1, -0.05) is 6.42 Å². The van der Waals surface area contributed by atoms with Gasteiger partial charge in [0.25, 0.3) is 0 Å². The molecule has 1 amide bonds. The van der Waals surface area contributed by atoms with E-state index in [2.05, 4.69) is 5.32 Å². The van der Waals surface area contributed by atoms with E-state index in [4.69, 9.17) is 5.73 Å². The van der Waals surface area contributed by atoms with E-state index in [1.54, 1.807) is 6.26 Å². The van der Waals surface area contributed by atoms with Crippen molar-refractivity contribution in [2.75, 3.05) is 25.1 Å². The van der Waals surface area contributed by atoms with E-state index in [1.807, 2.05) is 0 Å². The van der Waals surface area contributed by atoms with Crippen LogP contribution in [0.3, 0.4) is 0 Å². The first-order valence-corrected chi connectivity index (χ1v) is 7.15. The van der Waals surface area contributed by atoms with Crippen molar-refractivity contribution in [3.8, 4) is 0 Å². The molecule has 3 unspecified atom stereocenters. The van der Waals surface area contributed by atoms with E-state index in [1.165, 1.54) is 0 Å². The van der Waals surface area contributed by atoms with Crippen LogP contribution >= 0.6 is 0 Å². The van der Waals surface area contributed by atoms with Crippen molar-refractivity contribution in [3.05, 3.63) is 0 Å². The molecule has 4 nitrogen and oxygen atoms in total. The van der Waals surface area contributed by atoms with Gasteiger partial charge in [0.2, 0.25) is 5.91 Å². The zero-order valence-corrected chi connectivity index (χ0v) is 10.0. The molecule has 1 aliphatic carbocycles. The van der Waals surface area contributed by atoms with Crippen molar-refractivity contribution in [2.45, 2.75) is 19.3 Å². The first-order valence-electron chi connectivity index (χ1n) is 5.43. The van der Waals surface area contributed by atoms with E-state index in [-0.39, 0.29) is 11.8 Å². The molecule has 0 saturated heterocycles. The fourth-order valence-electron chi connectivity index (χ4n) is 2.11. The standard InChI is InChI=1S/C10H20N2O2S/c1-15(14)6-5-12-10(13)9-4-2-3-8(9)7-11/h8-9H,2-7,11H2,1H3,(H,12,13). The Morgan fingerprint density at radius 3 is 2.87 bits per heavy atom. The molecule has 1 saturated carbocycles. The minimum atomic E-state index is -0.833. The second kappa shape index (κ2) is 6.23. The van der Waals surface area contributed by atoms with Crippen LogP contribution in [0.4, 0.5) is 0 Å². The van der Waals surface area contributed by atoms with Gasteiger partial charge >= 0.3 is 0 Å². The Labute approximate surface area is 93.4 Å². The van der Waals surface area contributed by atoms with Crippen LogP contribution in [0, 0.1) is 11.8 Å². The van der Waals surface area contributed by atoms with Crippen LogP contribution in [0.25, 0.3) is 0 Å². The van der Waals surface area contributed by atoms with Gasteiger partial charge in [0.15, 0.2) is 0 Å². The Hall–Kier alpha value is -0.420. The lowest BCUT2D eigenvalue weighted by Crippen LogP contribution is -2.36. The summed E-state index contributed by atoms with van der Waals surface area (Å²) < 4.78 is 10.8. The summed E-state index contributed by atoms with van der Waals surface area (Å²) in [4.78, 5) is 11.7. The van der Waals surface area contributed by atoms with Crippen LogP contribution in [-0.4, -0.2) is 35.2 Å². The quantitative estimate of drug-likeness (QED) is 0.693. The van der Waals surface area contributed by atoms with Crippen LogP contribution < -0.4 is 11.1 Å². The molecule has 0 aromatic rings. The maximum absolute atomic E-state index is 11.7. The van der Waals surface area contributed by atoms with E-state index >= 15 is 0 Å². The minimum Gasteiger partial charge on any atom is -0.355 e. The third kappa shape index (κ3) is 3.91. The molecule has 0 spiro atoms. The molecule has 3 N–H and O–H groups in total. The van der Waals surface area contributed by atoms with Gasteiger partial charge in [0.1, 0.15) is 0 Å². The highest BCUT2D eigenvalue weighted by Crippen LogP contribution is 2.30. The highest BCUT2D eigenvalue weighted by Gasteiger charge is 2.31. The Bertz CT molecular complexity index is 246. The van der Waals surface area contributed by atoms with E-state index < -0.39 is 10.8 Å². The summed E-state index contributed by atoms with van der Waals surface area (Å²) in [7, 11) is -0.833. The van der Waals surface area contributed by atoms with Crippen LogP contribution in [0.2, 0.25) is 0 Å². The maximum Gasteiger partial charge on any atom is 0.223 e. The van der Waals surface area contributed by atoms with E-state index in [0.717, 1.165) is 19.3 Å². The molecule has 0 bridgehead atoms. The molecule has 0 radical (unpaired) electrons. The number of rotatable bonds is 5. The summed E-state index contributed by atoms with van der Waals surface area (Å²) in [6, 6.07) is 0. The third-order valence-electron chi connectivity index (χ3n) is 2.99. The summed E-state index contributed by atoms with van der Waals surface area (Å²) in [5.74, 6) is 1.05. The van der Waals surface area contributed by atoms with Crippen molar-refractivity contribution in [2.24, 2.45) is 17.6 Å². The second-order valence-electron chi connectivity index (χ2n) is 4.10. The maximum atomic E-state index is 11.7. The van der Waals surface area contributed by atoms with E-state index in [9.17, 15) is 9.00 Å². The summed E-state index contributed by atoms with van der Waals surface area (Å²) in [6.07, 6.45) is 4.75. The molecular formula is C10H20N2O2S. The number of hydrogen-bond acceptors (Lipinski definition) is 3. The van der Waals surface area contributed by atoms with Gasteiger partial charge in [-0.2, -0.15) is 0 Å². The summed E-state index contributed by atoms with van der Waals surface area (Å²) >= 11 is 0. The molecule has 15 heavy (non-hydrogen) atoms. The molecule has 88 valence electrons. The van der Waals surface area contributed by atoms with Crippen LogP contribution in [0.5, 0.6) is 0 Å². The van der Waals surface area contributed by atoms with Crippen molar-refractivity contribution < 1.29 is 9.00 Å². The Kier molecular flexibility index (Phi) is 5.25. The number of carbonyl (C=O) groups is 1. The molecule has 5 heteroatoms. The zero-order valence-electron chi connectivity index (χ0n) is 9.20. The van der Waals surface area contributed by atoms with Gasteiger partial charge in [0.05, 0.1) is 0 Å². The predicted molar refractivity (Wildman–Crippen MR) is 61.8 cm³/mol. The van der Waals surface area contributed by atoms with Gasteiger partial charge in [-0.05, 0) is 25.3 Å². The molecule has 1 aliphatic rings. The van der Waals surface area contributed by atoms with Gasteiger partial charge in [-0.25, -0.2) is 0 Å². The second-order valence-corrected chi connectivity index (χ2v) is 5.66. The molecule has 1 fully saturated rings. The normalized spacial score (nSPS) is 27.6. The Morgan fingerprint density at radius 2 is 2.27 bits per heavy atom. The van der Waals surface area contributed by atoms with Crippen molar-refractivity contribution in [1.29, 1.82) is 0 Å². The number of nitrogens with one attached hydrogen (secondary N) is 1. The van der Waals surface area contributed by atoms with Crippen molar-refractivity contribution in [1.82, 2.24) is 5.32 Å². The fourth-order valence-corrected chi connectivity index (χ4v) is 2.50. The predicted octanol–water partition coefficient (Wildman–Crippen LogP) is -0.144. The van der Waals surface area contributed by atoms with Crippen LogP contribution in [0.1, 0.15) is 19.3 Å². The lowest BCUT2D eigenvalue weighted by Gasteiger charge is -2.16. The molecule has 0 aromatic carbocycles. The summed E-state index contributed by atoms with van der Waals surface area (Å²) in [6.45, 7) is 1.10. The topological polar surface area (TPSA) is 72.2 Å². The first-order chi connectivity index (χ1) is 7.15. The number of nitrogens with two attached hydrogens (primary N) is 1. The van der Waals surface area contributed by atoms with Gasteiger partial charge in [0, 0.05) is 35.3 Å². The van der Waals surface area contributed by atoms with Crippen molar-refractivity contribution in [3.63, 3.8) is 0 Å². The van der Waals surface area contributed by atoms with Crippen LogP contribution in [0.15, 0.2) is 0 Å².